The highest BCUT2D eigenvalue weighted by atomic mass is 16.5. The van der Waals surface area contributed by atoms with E-state index in [4.69, 9.17) is 9.47 Å². The number of carbonyl (C=O) groups is 1. The predicted molar refractivity (Wildman–Crippen MR) is 112 cm³/mol. The number of benzene rings is 1. The molecule has 1 aliphatic heterocycles. The number of nitrogens with zero attached hydrogens (tertiary/aromatic N) is 2. The summed E-state index contributed by atoms with van der Waals surface area (Å²) in [5, 5.41) is 0. The number of hydrogen-bond acceptors (Lipinski definition) is 4. The Morgan fingerprint density at radius 2 is 2.00 bits per heavy atom. The summed E-state index contributed by atoms with van der Waals surface area (Å²) in [6.07, 6.45) is 9.75. The molecule has 1 amide bonds. The molecule has 0 unspecified atom stereocenters. The number of ether oxygens (including phenoxy) is 2. The van der Waals surface area contributed by atoms with Gasteiger partial charge in [-0.05, 0) is 69.7 Å². The van der Waals surface area contributed by atoms with E-state index in [1.807, 2.05) is 6.07 Å². The average molecular weight is 387 g/mol. The minimum atomic E-state index is 0.276. The third-order valence-electron chi connectivity index (χ3n) is 6.07. The predicted octanol–water partition coefficient (Wildman–Crippen LogP) is 3.67. The van der Waals surface area contributed by atoms with Crippen molar-refractivity contribution >= 4 is 5.91 Å². The molecule has 0 saturated carbocycles. The fourth-order valence-corrected chi connectivity index (χ4v) is 4.26. The van der Waals surface area contributed by atoms with Gasteiger partial charge in [0.25, 0.3) is 0 Å². The molecule has 1 aromatic carbocycles. The highest BCUT2D eigenvalue weighted by Gasteiger charge is 2.28. The van der Waals surface area contributed by atoms with Crippen LogP contribution in [0.15, 0.2) is 29.8 Å². The molecule has 1 atom stereocenters. The van der Waals surface area contributed by atoms with Crippen molar-refractivity contribution in [2.24, 2.45) is 0 Å². The molecule has 1 saturated heterocycles. The largest absolute Gasteiger partial charge is 0.493 e. The first-order valence-electron chi connectivity index (χ1n) is 10.5. The van der Waals surface area contributed by atoms with E-state index in [9.17, 15) is 4.79 Å². The van der Waals surface area contributed by atoms with Crippen molar-refractivity contribution in [2.75, 3.05) is 40.9 Å². The van der Waals surface area contributed by atoms with E-state index >= 15 is 0 Å². The monoisotopic (exact) mass is 386 g/mol. The van der Waals surface area contributed by atoms with Crippen LogP contribution < -0.4 is 9.47 Å². The number of rotatable bonds is 7. The first kappa shape index (κ1) is 20.7. The summed E-state index contributed by atoms with van der Waals surface area (Å²) in [4.78, 5) is 17.3. The van der Waals surface area contributed by atoms with E-state index in [0.29, 0.717) is 6.04 Å². The van der Waals surface area contributed by atoms with Crippen molar-refractivity contribution in [3.05, 3.63) is 35.4 Å². The summed E-state index contributed by atoms with van der Waals surface area (Å²) in [5.74, 6) is 1.81. The molecule has 1 aromatic rings. The molecular formula is C23H34N2O3. The van der Waals surface area contributed by atoms with Crippen LogP contribution in [0.25, 0.3) is 0 Å². The molecular weight excluding hydrogens is 352 g/mol. The van der Waals surface area contributed by atoms with Crippen molar-refractivity contribution in [3.63, 3.8) is 0 Å². The number of methoxy groups -OCH3 is 2. The lowest BCUT2D eigenvalue weighted by Crippen LogP contribution is -2.49. The molecule has 1 heterocycles. The van der Waals surface area contributed by atoms with Gasteiger partial charge < -0.3 is 19.3 Å². The third kappa shape index (κ3) is 5.07. The van der Waals surface area contributed by atoms with Gasteiger partial charge in [0.05, 0.1) is 14.2 Å². The van der Waals surface area contributed by atoms with Crippen LogP contribution in [0.4, 0.5) is 0 Å². The van der Waals surface area contributed by atoms with E-state index in [0.717, 1.165) is 75.2 Å². The minimum Gasteiger partial charge on any atom is -0.493 e. The summed E-state index contributed by atoms with van der Waals surface area (Å²) >= 11 is 0. The van der Waals surface area contributed by atoms with Crippen LogP contribution in [-0.2, 0) is 11.2 Å². The van der Waals surface area contributed by atoms with E-state index in [-0.39, 0.29) is 5.91 Å². The van der Waals surface area contributed by atoms with Crippen LogP contribution in [0.1, 0.15) is 44.1 Å². The first-order chi connectivity index (χ1) is 13.6. The number of likely N-dealkylation sites (tertiary alicyclic amines) is 1. The summed E-state index contributed by atoms with van der Waals surface area (Å²) < 4.78 is 10.7. The van der Waals surface area contributed by atoms with Crippen LogP contribution >= 0.6 is 0 Å². The van der Waals surface area contributed by atoms with Gasteiger partial charge in [-0.25, -0.2) is 0 Å². The molecule has 0 spiro atoms. The maximum atomic E-state index is 12.8. The van der Waals surface area contributed by atoms with Crippen molar-refractivity contribution in [1.82, 2.24) is 9.80 Å². The smallest absolute Gasteiger partial charge is 0.249 e. The lowest BCUT2D eigenvalue weighted by atomic mass is 9.96. The molecule has 0 aromatic heterocycles. The summed E-state index contributed by atoms with van der Waals surface area (Å²) in [6, 6.07) is 6.55. The number of likely N-dealkylation sites (N-methyl/N-ethyl adjacent to an activating group) is 1. The standard InChI is InChI=1S/C23H34N2O3/c1-24(15-13-18-11-12-21(27-2)22(16-18)28-3)20-10-7-14-25(17-20)23(26)19-8-5-4-6-9-19/h8,11-12,16,20H,4-7,9-10,13-15,17H2,1-3H3/t20-/m1/s1. The molecule has 5 heteroatoms. The van der Waals surface area contributed by atoms with Gasteiger partial charge in [0.2, 0.25) is 5.91 Å². The molecule has 28 heavy (non-hydrogen) atoms. The van der Waals surface area contributed by atoms with Gasteiger partial charge >= 0.3 is 0 Å². The Morgan fingerprint density at radius 1 is 1.18 bits per heavy atom. The first-order valence-corrected chi connectivity index (χ1v) is 10.5. The Morgan fingerprint density at radius 3 is 2.71 bits per heavy atom. The van der Waals surface area contributed by atoms with Gasteiger partial charge in [0.1, 0.15) is 0 Å². The van der Waals surface area contributed by atoms with Gasteiger partial charge in [-0.15, -0.1) is 0 Å². The Labute approximate surface area is 169 Å². The van der Waals surface area contributed by atoms with Gasteiger partial charge in [-0.1, -0.05) is 12.1 Å². The Kier molecular flexibility index (Phi) is 7.37. The summed E-state index contributed by atoms with van der Waals surface area (Å²) in [5.41, 5.74) is 2.28. The molecule has 1 fully saturated rings. The fourth-order valence-electron chi connectivity index (χ4n) is 4.26. The number of hydrogen-bond donors (Lipinski definition) is 0. The van der Waals surface area contributed by atoms with Crippen molar-refractivity contribution in [1.29, 1.82) is 0 Å². The highest BCUT2D eigenvalue weighted by molar-refractivity contribution is 5.93. The molecule has 0 bridgehead atoms. The van der Waals surface area contributed by atoms with Gasteiger partial charge in [-0.3, -0.25) is 4.79 Å². The van der Waals surface area contributed by atoms with Crippen LogP contribution in [0.2, 0.25) is 0 Å². The maximum absolute atomic E-state index is 12.8. The van der Waals surface area contributed by atoms with E-state index < -0.39 is 0 Å². The second-order valence-electron chi connectivity index (χ2n) is 7.94. The molecule has 3 rings (SSSR count). The minimum absolute atomic E-state index is 0.276. The Bertz CT molecular complexity index is 701. The van der Waals surface area contributed by atoms with Gasteiger partial charge in [0.15, 0.2) is 11.5 Å². The summed E-state index contributed by atoms with van der Waals surface area (Å²) in [6.45, 7) is 2.71. The van der Waals surface area contributed by atoms with E-state index in [1.54, 1.807) is 14.2 Å². The third-order valence-corrected chi connectivity index (χ3v) is 6.07. The zero-order chi connectivity index (χ0) is 19.9. The Balaban J connectivity index is 1.54. The number of carbonyl (C=O) groups excluding carboxylic acids is 1. The van der Waals surface area contributed by atoms with E-state index in [1.165, 1.54) is 12.0 Å². The summed E-state index contributed by atoms with van der Waals surface area (Å²) in [7, 11) is 5.51. The van der Waals surface area contributed by atoms with Gasteiger partial charge in [-0.2, -0.15) is 0 Å². The lowest BCUT2D eigenvalue weighted by Gasteiger charge is -2.38. The molecule has 0 radical (unpaired) electrons. The number of amides is 1. The van der Waals surface area contributed by atoms with Crippen LogP contribution in [-0.4, -0.2) is 62.7 Å². The molecule has 5 nitrogen and oxygen atoms in total. The van der Waals surface area contributed by atoms with Crippen LogP contribution in [0.3, 0.4) is 0 Å². The second-order valence-corrected chi connectivity index (χ2v) is 7.94. The average Bonchev–Trinajstić information content (AvgIpc) is 2.77. The maximum Gasteiger partial charge on any atom is 0.249 e. The molecule has 0 N–H and O–H groups in total. The SMILES string of the molecule is COc1ccc(CCN(C)[C@@H]2CCCN(C(=O)C3=CCCCC3)C2)cc1OC. The van der Waals surface area contributed by atoms with Crippen LogP contribution in [0, 0.1) is 0 Å². The number of allylic oxidation sites excluding steroid dienone is 1. The van der Waals surface area contributed by atoms with Crippen molar-refractivity contribution < 1.29 is 14.3 Å². The van der Waals surface area contributed by atoms with Crippen LogP contribution in [0.5, 0.6) is 11.5 Å². The second kappa shape index (κ2) is 9.97. The molecule has 2 aliphatic rings. The molecule has 154 valence electrons. The topological polar surface area (TPSA) is 42.0 Å². The zero-order valence-electron chi connectivity index (χ0n) is 17.6. The van der Waals surface area contributed by atoms with E-state index in [2.05, 4.69) is 35.1 Å². The lowest BCUT2D eigenvalue weighted by molar-refractivity contribution is -0.129. The fraction of sp³-hybridized carbons (Fsp3) is 0.609. The highest BCUT2D eigenvalue weighted by Crippen LogP contribution is 2.28. The number of piperidine rings is 1. The Hall–Kier alpha value is -2.01. The van der Waals surface area contributed by atoms with Gasteiger partial charge in [0, 0.05) is 31.2 Å². The van der Waals surface area contributed by atoms with Crippen molar-refractivity contribution in [3.8, 4) is 11.5 Å². The zero-order valence-corrected chi connectivity index (χ0v) is 17.6. The van der Waals surface area contributed by atoms with Crippen molar-refractivity contribution in [2.45, 2.75) is 51.0 Å². The normalized spacial score (nSPS) is 20.1. The molecule has 1 aliphatic carbocycles. The quantitative estimate of drug-likeness (QED) is 0.717.